The summed E-state index contributed by atoms with van der Waals surface area (Å²) in [6.45, 7) is 3.37. The van der Waals surface area contributed by atoms with Crippen molar-refractivity contribution in [1.82, 2.24) is 15.2 Å². The van der Waals surface area contributed by atoms with E-state index >= 15 is 0 Å². The first kappa shape index (κ1) is 14.9. The highest BCUT2D eigenvalue weighted by molar-refractivity contribution is 7.22. The zero-order chi connectivity index (χ0) is 16.0. The Kier molecular flexibility index (Phi) is 3.73. The van der Waals surface area contributed by atoms with Crippen molar-refractivity contribution in [2.24, 2.45) is 5.92 Å². The molecule has 0 aliphatic carbocycles. The number of thiophene rings is 1. The van der Waals surface area contributed by atoms with Crippen LogP contribution in [0.4, 0.5) is 5.00 Å². The van der Waals surface area contributed by atoms with Crippen LogP contribution in [0.15, 0.2) is 18.3 Å². The number of anilines is 1. The molecule has 2 aliphatic rings. The molecule has 1 N–H and O–H groups in total. The van der Waals surface area contributed by atoms with Crippen LogP contribution in [0.25, 0.3) is 10.1 Å². The van der Waals surface area contributed by atoms with Gasteiger partial charge < -0.3 is 15.1 Å². The number of nitrogens with one attached hydrogen (secondary N) is 1. The third-order valence-electron chi connectivity index (χ3n) is 4.86. The lowest BCUT2D eigenvalue weighted by molar-refractivity contribution is 0.0904. The van der Waals surface area contributed by atoms with Crippen molar-refractivity contribution >= 4 is 32.3 Å². The highest BCUT2D eigenvalue weighted by Crippen LogP contribution is 2.31. The SMILES string of the molecule is CN(C)c1cc2cnc(C(=O)N[C@@H]3C[C@@H]4CCN(C4)C3)cc2s1. The van der Waals surface area contributed by atoms with E-state index < -0.39 is 0 Å². The Hall–Kier alpha value is -1.66. The fraction of sp³-hybridized carbons (Fsp3) is 0.529. The minimum absolute atomic E-state index is 0.0424. The van der Waals surface area contributed by atoms with Gasteiger partial charge in [-0.3, -0.25) is 9.78 Å². The van der Waals surface area contributed by atoms with Crippen LogP contribution in [0.5, 0.6) is 0 Å². The lowest BCUT2D eigenvalue weighted by Crippen LogP contribution is -2.47. The van der Waals surface area contributed by atoms with Gasteiger partial charge in [-0.2, -0.15) is 0 Å². The van der Waals surface area contributed by atoms with Crippen molar-refractivity contribution in [3.63, 3.8) is 0 Å². The van der Waals surface area contributed by atoms with E-state index in [1.807, 2.05) is 26.4 Å². The van der Waals surface area contributed by atoms with Gasteiger partial charge in [-0.25, -0.2) is 0 Å². The first-order valence-electron chi connectivity index (χ1n) is 8.18. The number of hydrogen-bond donors (Lipinski definition) is 1. The van der Waals surface area contributed by atoms with Gasteiger partial charge in [-0.1, -0.05) is 0 Å². The van der Waals surface area contributed by atoms with Crippen LogP contribution >= 0.6 is 11.3 Å². The molecule has 0 aromatic carbocycles. The van der Waals surface area contributed by atoms with Crippen LogP contribution in [0.2, 0.25) is 0 Å². The Labute approximate surface area is 140 Å². The van der Waals surface area contributed by atoms with Gasteiger partial charge in [0.05, 0.1) is 5.00 Å². The van der Waals surface area contributed by atoms with Gasteiger partial charge in [0.1, 0.15) is 5.69 Å². The number of aromatic nitrogens is 1. The van der Waals surface area contributed by atoms with Gasteiger partial charge in [0.2, 0.25) is 0 Å². The second kappa shape index (κ2) is 5.76. The summed E-state index contributed by atoms with van der Waals surface area (Å²) in [6, 6.07) is 4.29. The number of amides is 1. The maximum atomic E-state index is 12.5. The van der Waals surface area contributed by atoms with Gasteiger partial charge in [0, 0.05) is 49.5 Å². The number of hydrogen-bond acceptors (Lipinski definition) is 5. The van der Waals surface area contributed by atoms with E-state index in [9.17, 15) is 4.79 Å². The molecule has 6 heteroatoms. The molecular weight excluding hydrogens is 308 g/mol. The fourth-order valence-electron chi connectivity index (χ4n) is 3.69. The highest BCUT2D eigenvalue weighted by atomic mass is 32.1. The third-order valence-corrected chi connectivity index (χ3v) is 6.13. The molecule has 2 fully saturated rings. The molecular formula is C17H22N4OS. The van der Waals surface area contributed by atoms with Crippen molar-refractivity contribution in [3.05, 3.63) is 24.0 Å². The van der Waals surface area contributed by atoms with Crippen molar-refractivity contribution < 1.29 is 4.79 Å². The van der Waals surface area contributed by atoms with Gasteiger partial charge in [-0.05, 0) is 37.4 Å². The first-order chi connectivity index (χ1) is 11.1. The van der Waals surface area contributed by atoms with Crippen LogP contribution in [-0.4, -0.2) is 55.6 Å². The average molecular weight is 330 g/mol. The standard InChI is InChI=1S/C17H22N4OS/c1-20(2)16-6-12-8-18-14(7-15(12)23-16)17(22)19-13-5-11-3-4-21(9-11)10-13/h6-8,11,13H,3-5,9-10H2,1-2H3,(H,19,22)/t11-,13+/m0/s1. The molecule has 23 heavy (non-hydrogen) atoms. The molecule has 122 valence electrons. The van der Waals surface area contributed by atoms with E-state index in [1.54, 1.807) is 11.3 Å². The molecule has 0 radical (unpaired) electrons. The fourth-order valence-corrected chi connectivity index (χ4v) is 4.68. The number of fused-ring (bicyclic) bond motifs is 3. The maximum absolute atomic E-state index is 12.5. The summed E-state index contributed by atoms with van der Waals surface area (Å²) < 4.78 is 1.11. The molecule has 4 rings (SSSR count). The van der Waals surface area contributed by atoms with Crippen molar-refractivity contribution in [1.29, 1.82) is 0 Å². The molecule has 2 saturated heterocycles. The van der Waals surface area contributed by atoms with Crippen LogP contribution in [-0.2, 0) is 0 Å². The summed E-state index contributed by atoms with van der Waals surface area (Å²) in [5, 5.41) is 5.45. The lowest BCUT2D eigenvalue weighted by atomic mass is 9.97. The second-order valence-electron chi connectivity index (χ2n) is 6.91. The van der Waals surface area contributed by atoms with E-state index in [-0.39, 0.29) is 11.9 Å². The first-order valence-corrected chi connectivity index (χ1v) is 9.00. The molecule has 0 saturated carbocycles. The maximum Gasteiger partial charge on any atom is 0.270 e. The summed E-state index contributed by atoms with van der Waals surface area (Å²) in [5.74, 6) is 0.712. The Balaban J connectivity index is 1.50. The lowest BCUT2D eigenvalue weighted by Gasteiger charge is -2.30. The number of carbonyl (C=O) groups is 1. The van der Waals surface area contributed by atoms with Crippen molar-refractivity contribution in [2.75, 3.05) is 38.6 Å². The van der Waals surface area contributed by atoms with E-state index in [0.717, 1.165) is 29.0 Å². The van der Waals surface area contributed by atoms with Crippen LogP contribution in [0, 0.1) is 5.92 Å². The predicted molar refractivity (Wildman–Crippen MR) is 94.4 cm³/mol. The van der Waals surface area contributed by atoms with Gasteiger partial charge in [0.25, 0.3) is 5.91 Å². The highest BCUT2D eigenvalue weighted by Gasteiger charge is 2.33. The normalized spacial score (nSPS) is 26.4. The summed E-state index contributed by atoms with van der Waals surface area (Å²) >= 11 is 1.69. The minimum atomic E-state index is -0.0424. The number of carbonyl (C=O) groups excluding carboxylic acids is 1. The van der Waals surface area contributed by atoms with E-state index in [1.165, 1.54) is 24.5 Å². The molecule has 1 unspecified atom stereocenters. The molecule has 2 aromatic rings. The predicted octanol–water partition coefficient (Wildman–Crippen LogP) is 2.19. The molecule has 1 amide bonds. The van der Waals surface area contributed by atoms with Crippen LogP contribution < -0.4 is 10.2 Å². The summed E-state index contributed by atoms with van der Waals surface area (Å²) in [6.07, 6.45) is 4.19. The molecule has 2 bridgehead atoms. The third kappa shape index (κ3) is 2.93. The van der Waals surface area contributed by atoms with Crippen LogP contribution in [0.1, 0.15) is 23.3 Å². The molecule has 3 atom stereocenters. The molecule has 0 spiro atoms. The Morgan fingerprint density at radius 3 is 3.04 bits per heavy atom. The van der Waals surface area contributed by atoms with E-state index in [0.29, 0.717) is 5.69 Å². The van der Waals surface area contributed by atoms with Crippen molar-refractivity contribution in [2.45, 2.75) is 18.9 Å². The number of rotatable bonds is 3. The summed E-state index contributed by atoms with van der Waals surface area (Å²) in [5.41, 5.74) is 0.526. The molecule has 2 aromatic heterocycles. The van der Waals surface area contributed by atoms with Gasteiger partial charge in [-0.15, -0.1) is 11.3 Å². The van der Waals surface area contributed by atoms with Gasteiger partial charge in [0.15, 0.2) is 0 Å². The van der Waals surface area contributed by atoms with E-state index in [2.05, 4.69) is 26.2 Å². The van der Waals surface area contributed by atoms with Gasteiger partial charge >= 0.3 is 0 Å². The largest absolute Gasteiger partial charge is 0.370 e. The average Bonchev–Trinajstić information content (AvgIpc) is 3.09. The zero-order valence-corrected chi connectivity index (χ0v) is 14.4. The zero-order valence-electron chi connectivity index (χ0n) is 13.6. The molecule has 2 aliphatic heterocycles. The number of pyridine rings is 1. The Morgan fingerprint density at radius 2 is 2.26 bits per heavy atom. The topological polar surface area (TPSA) is 48.5 Å². The van der Waals surface area contributed by atoms with Crippen molar-refractivity contribution in [3.8, 4) is 0 Å². The Bertz CT molecular complexity index is 729. The minimum Gasteiger partial charge on any atom is -0.370 e. The van der Waals surface area contributed by atoms with Crippen LogP contribution in [0.3, 0.4) is 0 Å². The number of piperidine rings is 1. The van der Waals surface area contributed by atoms with E-state index in [4.69, 9.17) is 0 Å². The molecule has 4 heterocycles. The number of nitrogens with zero attached hydrogens (tertiary/aromatic N) is 3. The molecule has 5 nitrogen and oxygen atoms in total. The summed E-state index contributed by atoms with van der Waals surface area (Å²) in [4.78, 5) is 21.4. The summed E-state index contributed by atoms with van der Waals surface area (Å²) in [7, 11) is 4.05. The quantitative estimate of drug-likeness (QED) is 0.937. The monoisotopic (exact) mass is 330 g/mol. The smallest absolute Gasteiger partial charge is 0.270 e. The Morgan fingerprint density at radius 1 is 1.39 bits per heavy atom. The second-order valence-corrected chi connectivity index (χ2v) is 7.97.